The molecule has 0 fully saturated rings. The number of aromatic amines is 1. The van der Waals surface area contributed by atoms with E-state index in [4.69, 9.17) is 4.74 Å². The van der Waals surface area contributed by atoms with Crippen LogP contribution < -0.4 is 10.1 Å². The zero-order valence-electron chi connectivity index (χ0n) is 15.6. The van der Waals surface area contributed by atoms with Crippen LogP contribution in [0.5, 0.6) is 5.75 Å². The number of carbonyl (C=O) groups excluding carboxylic acids is 1. The second kappa shape index (κ2) is 8.73. The van der Waals surface area contributed by atoms with Gasteiger partial charge in [0.05, 0.1) is 5.75 Å². The summed E-state index contributed by atoms with van der Waals surface area (Å²) in [5, 5.41) is 10.5. The summed E-state index contributed by atoms with van der Waals surface area (Å²) >= 11 is 1.28. The van der Waals surface area contributed by atoms with Gasteiger partial charge in [0.25, 0.3) is 0 Å². The number of hydrogen-bond acceptors (Lipinski definition) is 5. The van der Waals surface area contributed by atoms with Crippen molar-refractivity contribution in [2.45, 2.75) is 32.5 Å². The van der Waals surface area contributed by atoms with Gasteiger partial charge in [-0.3, -0.25) is 9.89 Å². The molecule has 0 radical (unpaired) electrons. The Bertz CT molecular complexity index is 919. The van der Waals surface area contributed by atoms with Crippen molar-refractivity contribution >= 4 is 23.4 Å². The molecule has 0 bridgehead atoms. The van der Waals surface area contributed by atoms with Crippen molar-refractivity contribution in [2.75, 3.05) is 11.1 Å². The van der Waals surface area contributed by atoms with Gasteiger partial charge < -0.3 is 10.1 Å². The van der Waals surface area contributed by atoms with E-state index < -0.39 is 0 Å². The summed E-state index contributed by atoms with van der Waals surface area (Å²) in [6.45, 7) is 6.27. The number of benzene rings is 2. The van der Waals surface area contributed by atoms with Gasteiger partial charge >= 0.3 is 0 Å². The first-order chi connectivity index (χ1) is 13.0. The Morgan fingerprint density at radius 1 is 1.15 bits per heavy atom. The summed E-state index contributed by atoms with van der Waals surface area (Å²) in [7, 11) is 0. The number of aryl methyl sites for hydroxylation is 3. The fourth-order valence-corrected chi connectivity index (χ4v) is 3.20. The van der Waals surface area contributed by atoms with Gasteiger partial charge in [0.1, 0.15) is 12.4 Å². The molecule has 0 spiro atoms. The van der Waals surface area contributed by atoms with E-state index in [1.807, 2.05) is 63.2 Å². The monoisotopic (exact) mass is 382 g/mol. The number of anilines is 1. The Balaban J connectivity index is 1.50. The maximum Gasteiger partial charge on any atom is 0.234 e. The fraction of sp³-hybridized carbons (Fsp3) is 0.250. The lowest BCUT2D eigenvalue weighted by molar-refractivity contribution is -0.113. The number of aromatic nitrogens is 3. The molecule has 2 N–H and O–H groups in total. The number of nitrogens with one attached hydrogen (secondary N) is 2. The molecule has 6 nitrogen and oxygen atoms in total. The molecule has 2 aromatic carbocycles. The van der Waals surface area contributed by atoms with Crippen molar-refractivity contribution in [1.29, 1.82) is 0 Å². The van der Waals surface area contributed by atoms with Gasteiger partial charge in [-0.05, 0) is 49.6 Å². The van der Waals surface area contributed by atoms with Crippen LogP contribution in [0.4, 0.5) is 5.69 Å². The third-order valence-electron chi connectivity index (χ3n) is 3.95. The van der Waals surface area contributed by atoms with Crippen LogP contribution in [0.2, 0.25) is 0 Å². The van der Waals surface area contributed by atoms with Gasteiger partial charge in [-0.15, -0.1) is 5.10 Å². The van der Waals surface area contributed by atoms with E-state index in [2.05, 4.69) is 20.5 Å². The van der Waals surface area contributed by atoms with Crippen LogP contribution in [0.3, 0.4) is 0 Å². The Hall–Kier alpha value is -2.80. The minimum absolute atomic E-state index is 0.0836. The minimum Gasteiger partial charge on any atom is -0.486 e. The minimum atomic E-state index is -0.0836. The highest BCUT2D eigenvalue weighted by molar-refractivity contribution is 7.99. The van der Waals surface area contributed by atoms with Gasteiger partial charge in [-0.25, -0.2) is 4.98 Å². The second-order valence-corrected chi connectivity index (χ2v) is 7.22. The molecule has 3 rings (SSSR count). The summed E-state index contributed by atoms with van der Waals surface area (Å²) in [5.41, 5.74) is 4.09. The molecule has 0 saturated heterocycles. The molecule has 0 atom stereocenters. The van der Waals surface area contributed by atoms with Gasteiger partial charge in [-0.1, -0.05) is 42.1 Å². The molecule has 0 aliphatic heterocycles. The number of amides is 1. The summed E-state index contributed by atoms with van der Waals surface area (Å²) < 4.78 is 5.69. The SMILES string of the molecule is Cc1cccc(OCc2nc(SCC(=O)Nc3c(C)cccc3C)n[nH]2)c1. The van der Waals surface area contributed by atoms with Crippen LogP contribution in [-0.4, -0.2) is 26.8 Å². The number of thioether (sulfide) groups is 1. The van der Waals surface area contributed by atoms with Crippen LogP contribution in [0.15, 0.2) is 47.6 Å². The molecule has 1 amide bonds. The normalized spacial score (nSPS) is 10.6. The van der Waals surface area contributed by atoms with E-state index >= 15 is 0 Å². The lowest BCUT2D eigenvalue weighted by Crippen LogP contribution is -2.15. The van der Waals surface area contributed by atoms with Crippen LogP contribution in [0.1, 0.15) is 22.5 Å². The quantitative estimate of drug-likeness (QED) is 0.603. The number of carbonyl (C=O) groups is 1. The molecule has 27 heavy (non-hydrogen) atoms. The average molecular weight is 382 g/mol. The van der Waals surface area contributed by atoms with E-state index in [0.29, 0.717) is 17.6 Å². The van der Waals surface area contributed by atoms with Crippen molar-refractivity contribution < 1.29 is 9.53 Å². The molecule has 1 aromatic heterocycles. The first kappa shape index (κ1) is 19.0. The summed E-state index contributed by atoms with van der Waals surface area (Å²) in [6, 6.07) is 13.8. The van der Waals surface area contributed by atoms with Crippen LogP contribution >= 0.6 is 11.8 Å². The Kier molecular flexibility index (Phi) is 6.13. The predicted molar refractivity (Wildman–Crippen MR) is 107 cm³/mol. The number of ether oxygens (including phenoxy) is 1. The molecule has 1 heterocycles. The lowest BCUT2D eigenvalue weighted by atomic mass is 10.1. The second-order valence-electron chi connectivity index (χ2n) is 6.27. The molecular weight excluding hydrogens is 360 g/mol. The number of rotatable bonds is 7. The van der Waals surface area contributed by atoms with Crippen molar-refractivity contribution in [3.8, 4) is 5.75 Å². The molecule has 3 aromatic rings. The van der Waals surface area contributed by atoms with Crippen molar-refractivity contribution in [3.05, 3.63) is 65.0 Å². The zero-order chi connectivity index (χ0) is 19.2. The number of para-hydroxylation sites is 1. The standard InChI is InChI=1S/C20H22N4O2S/c1-13-6-4-9-16(10-13)26-11-17-21-20(24-23-17)27-12-18(25)22-19-14(2)7-5-8-15(19)3/h4-10H,11-12H2,1-3H3,(H,22,25)(H,21,23,24). The van der Waals surface area contributed by atoms with E-state index in [9.17, 15) is 4.79 Å². The third kappa shape index (κ3) is 5.34. The summed E-state index contributed by atoms with van der Waals surface area (Å²) in [6.07, 6.45) is 0. The van der Waals surface area contributed by atoms with Crippen molar-refractivity contribution in [1.82, 2.24) is 15.2 Å². The molecule has 7 heteroatoms. The number of nitrogens with zero attached hydrogens (tertiary/aromatic N) is 2. The molecular formula is C20H22N4O2S. The third-order valence-corrected chi connectivity index (χ3v) is 4.80. The van der Waals surface area contributed by atoms with Gasteiger partial charge in [-0.2, -0.15) is 0 Å². The van der Waals surface area contributed by atoms with Crippen LogP contribution in [0, 0.1) is 20.8 Å². The van der Waals surface area contributed by atoms with E-state index in [1.54, 1.807) is 0 Å². The zero-order valence-corrected chi connectivity index (χ0v) is 16.4. The van der Waals surface area contributed by atoms with Gasteiger partial charge in [0.2, 0.25) is 11.1 Å². The van der Waals surface area contributed by atoms with E-state index in [0.717, 1.165) is 28.1 Å². The van der Waals surface area contributed by atoms with E-state index in [1.165, 1.54) is 11.8 Å². The maximum atomic E-state index is 12.2. The number of H-pyrrole nitrogens is 1. The van der Waals surface area contributed by atoms with E-state index in [-0.39, 0.29) is 11.7 Å². The topological polar surface area (TPSA) is 79.9 Å². The molecule has 0 saturated carbocycles. The Labute approximate surface area is 162 Å². The average Bonchev–Trinajstić information content (AvgIpc) is 3.09. The maximum absolute atomic E-state index is 12.2. The highest BCUT2D eigenvalue weighted by Gasteiger charge is 2.10. The largest absolute Gasteiger partial charge is 0.486 e. The first-order valence-corrected chi connectivity index (χ1v) is 9.59. The fourth-order valence-electron chi connectivity index (χ4n) is 2.58. The highest BCUT2D eigenvalue weighted by Crippen LogP contribution is 2.21. The van der Waals surface area contributed by atoms with Crippen LogP contribution in [-0.2, 0) is 11.4 Å². The Morgan fingerprint density at radius 3 is 2.63 bits per heavy atom. The highest BCUT2D eigenvalue weighted by atomic mass is 32.2. The Morgan fingerprint density at radius 2 is 1.89 bits per heavy atom. The molecule has 0 aliphatic carbocycles. The summed E-state index contributed by atoms with van der Waals surface area (Å²) in [4.78, 5) is 16.6. The molecule has 140 valence electrons. The molecule has 0 unspecified atom stereocenters. The van der Waals surface area contributed by atoms with Gasteiger partial charge in [0, 0.05) is 5.69 Å². The molecule has 0 aliphatic rings. The lowest BCUT2D eigenvalue weighted by Gasteiger charge is -2.10. The van der Waals surface area contributed by atoms with Crippen molar-refractivity contribution in [3.63, 3.8) is 0 Å². The summed E-state index contributed by atoms with van der Waals surface area (Å²) in [5.74, 6) is 1.56. The van der Waals surface area contributed by atoms with Crippen molar-refractivity contribution in [2.24, 2.45) is 0 Å². The number of hydrogen-bond donors (Lipinski definition) is 2. The smallest absolute Gasteiger partial charge is 0.234 e. The van der Waals surface area contributed by atoms with Gasteiger partial charge in [0.15, 0.2) is 5.82 Å². The first-order valence-electron chi connectivity index (χ1n) is 8.61. The van der Waals surface area contributed by atoms with Crippen LogP contribution in [0.25, 0.3) is 0 Å². The predicted octanol–water partition coefficient (Wildman–Crippen LogP) is 4.04.